The zero-order valence-corrected chi connectivity index (χ0v) is 19.7. The molecule has 3 aromatic carbocycles. The molecule has 0 saturated heterocycles. The summed E-state index contributed by atoms with van der Waals surface area (Å²) >= 11 is 0. The fourth-order valence-electron chi connectivity index (χ4n) is 4.06. The minimum atomic E-state index is -2.91. The second-order valence-corrected chi connectivity index (χ2v) is 7.99. The van der Waals surface area contributed by atoms with Crippen LogP contribution in [0.15, 0.2) is 65.7 Å². The van der Waals surface area contributed by atoms with Crippen molar-refractivity contribution in [1.29, 1.82) is 0 Å². The molecule has 7 nitrogen and oxygen atoms in total. The summed E-state index contributed by atoms with van der Waals surface area (Å²) in [5, 5.41) is 3.38. The summed E-state index contributed by atoms with van der Waals surface area (Å²) in [6, 6.07) is 18.2. The maximum Gasteiger partial charge on any atom is 0.387 e. The van der Waals surface area contributed by atoms with Crippen LogP contribution in [0, 0.1) is 6.92 Å². The molecular weight excluding hydrogens is 456 g/mol. The Morgan fingerprint density at radius 2 is 1.86 bits per heavy atom. The van der Waals surface area contributed by atoms with Gasteiger partial charge in [-0.15, -0.1) is 0 Å². The number of nitrogens with zero attached hydrogens (tertiary/aromatic N) is 1. The van der Waals surface area contributed by atoms with Gasteiger partial charge in [0.2, 0.25) is 0 Å². The number of ether oxygens (including phenoxy) is 4. The molecule has 0 bridgehead atoms. The van der Waals surface area contributed by atoms with Crippen LogP contribution >= 0.6 is 0 Å². The van der Waals surface area contributed by atoms with Gasteiger partial charge in [0, 0.05) is 23.5 Å². The van der Waals surface area contributed by atoms with Crippen molar-refractivity contribution in [3.63, 3.8) is 0 Å². The summed E-state index contributed by atoms with van der Waals surface area (Å²) in [6.07, 6.45) is 0. The smallest absolute Gasteiger partial charge is 0.387 e. The second kappa shape index (κ2) is 10.1. The molecule has 1 aliphatic heterocycles. The highest BCUT2D eigenvalue weighted by molar-refractivity contribution is 5.76. The molecule has 0 spiro atoms. The Bertz CT molecular complexity index is 1230. The SMILES string of the molecule is CCOc1cc(Nc2cccc(OC)c2)cc(C2(c3ccc(OC(F)F)c(C)c3)COC(N)=N2)c1. The van der Waals surface area contributed by atoms with Gasteiger partial charge in [0.1, 0.15) is 23.9 Å². The van der Waals surface area contributed by atoms with E-state index < -0.39 is 12.2 Å². The van der Waals surface area contributed by atoms with Crippen molar-refractivity contribution in [3.05, 3.63) is 77.4 Å². The summed E-state index contributed by atoms with van der Waals surface area (Å²) in [4.78, 5) is 4.65. The molecule has 3 aromatic rings. The van der Waals surface area contributed by atoms with Gasteiger partial charge < -0.3 is 30.0 Å². The number of alkyl halides is 2. The van der Waals surface area contributed by atoms with Crippen LogP contribution < -0.4 is 25.3 Å². The maximum atomic E-state index is 12.8. The summed E-state index contributed by atoms with van der Waals surface area (Å²) in [5.41, 5.74) is 8.55. The summed E-state index contributed by atoms with van der Waals surface area (Å²) in [6.45, 7) is 1.30. The number of nitrogens with two attached hydrogens (primary N) is 1. The zero-order valence-electron chi connectivity index (χ0n) is 19.7. The van der Waals surface area contributed by atoms with Crippen LogP contribution in [-0.4, -0.2) is 33.0 Å². The average Bonchev–Trinajstić information content (AvgIpc) is 3.23. The lowest BCUT2D eigenvalue weighted by atomic mass is 9.83. The van der Waals surface area contributed by atoms with Gasteiger partial charge in [0.15, 0.2) is 5.54 Å². The van der Waals surface area contributed by atoms with E-state index in [1.54, 1.807) is 26.2 Å². The van der Waals surface area contributed by atoms with Crippen LogP contribution in [0.1, 0.15) is 23.6 Å². The first-order valence-corrected chi connectivity index (χ1v) is 11.1. The van der Waals surface area contributed by atoms with Crippen molar-refractivity contribution in [2.45, 2.75) is 26.0 Å². The van der Waals surface area contributed by atoms with Crippen molar-refractivity contribution >= 4 is 17.4 Å². The fraction of sp³-hybridized carbons (Fsp3) is 0.269. The van der Waals surface area contributed by atoms with Gasteiger partial charge in [-0.1, -0.05) is 12.1 Å². The molecule has 1 heterocycles. The van der Waals surface area contributed by atoms with Gasteiger partial charge in [-0.3, -0.25) is 0 Å². The molecule has 0 aromatic heterocycles. The molecule has 0 aliphatic carbocycles. The summed E-state index contributed by atoms with van der Waals surface area (Å²) in [5.74, 6) is 1.44. The molecule has 0 amide bonds. The first-order valence-electron chi connectivity index (χ1n) is 11.1. The number of benzene rings is 3. The van der Waals surface area contributed by atoms with E-state index in [4.69, 9.17) is 19.9 Å². The standard InChI is InChI=1S/C26H27F2N3O4/c1-4-33-22-12-18(11-20(14-22)30-19-6-5-7-21(13-19)32-3)26(15-34-25(29)31-26)17-8-9-23(16(2)10-17)35-24(27)28/h5-14,24,30H,4,15H2,1-3H3,(H2,29,31). The largest absolute Gasteiger partial charge is 0.497 e. The minimum Gasteiger partial charge on any atom is -0.497 e. The molecule has 4 rings (SSSR count). The van der Waals surface area contributed by atoms with E-state index in [1.807, 2.05) is 49.4 Å². The number of hydrogen-bond donors (Lipinski definition) is 2. The molecule has 3 N–H and O–H groups in total. The molecule has 1 unspecified atom stereocenters. The third-order valence-corrected chi connectivity index (χ3v) is 5.65. The van der Waals surface area contributed by atoms with E-state index in [0.717, 1.165) is 28.3 Å². The molecule has 35 heavy (non-hydrogen) atoms. The summed E-state index contributed by atoms with van der Waals surface area (Å²) in [7, 11) is 1.61. The molecule has 9 heteroatoms. The van der Waals surface area contributed by atoms with E-state index in [2.05, 4.69) is 15.0 Å². The van der Waals surface area contributed by atoms with Gasteiger partial charge in [-0.2, -0.15) is 8.78 Å². The maximum absolute atomic E-state index is 12.8. The highest BCUT2D eigenvalue weighted by atomic mass is 19.3. The first kappa shape index (κ1) is 24.1. The zero-order chi connectivity index (χ0) is 25.0. The number of aryl methyl sites for hydroxylation is 1. The normalized spacial score (nSPS) is 17.0. The highest BCUT2D eigenvalue weighted by Gasteiger charge is 2.41. The Labute approximate surface area is 202 Å². The van der Waals surface area contributed by atoms with Crippen molar-refractivity contribution in [2.24, 2.45) is 10.7 Å². The molecule has 1 aliphatic rings. The van der Waals surface area contributed by atoms with Crippen LogP contribution in [0.25, 0.3) is 0 Å². The number of hydrogen-bond acceptors (Lipinski definition) is 7. The Balaban J connectivity index is 1.80. The number of anilines is 2. The molecule has 1 atom stereocenters. The Morgan fingerprint density at radius 3 is 2.51 bits per heavy atom. The molecule has 0 saturated carbocycles. The Hall–Kier alpha value is -4.01. The molecular formula is C26H27F2N3O4. The van der Waals surface area contributed by atoms with Crippen molar-refractivity contribution in [1.82, 2.24) is 0 Å². The van der Waals surface area contributed by atoms with Crippen molar-refractivity contribution < 1.29 is 27.7 Å². The number of methoxy groups -OCH3 is 1. The molecule has 0 fully saturated rings. The highest BCUT2D eigenvalue weighted by Crippen LogP contribution is 2.42. The first-order chi connectivity index (χ1) is 16.8. The van der Waals surface area contributed by atoms with E-state index in [1.165, 1.54) is 6.07 Å². The molecule has 0 radical (unpaired) electrons. The lowest BCUT2D eigenvalue weighted by molar-refractivity contribution is -0.0503. The van der Waals surface area contributed by atoms with Crippen LogP contribution in [0.5, 0.6) is 17.2 Å². The summed E-state index contributed by atoms with van der Waals surface area (Å²) < 4.78 is 46.9. The number of aliphatic imine (C=N–C) groups is 1. The third-order valence-electron chi connectivity index (χ3n) is 5.65. The molecule has 184 valence electrons. The van der Waals surface area contributed by atoms with Crippen molar-refractivity contribution in [2.75, 3.05) is 25.6 Å². The Morgan fingerprint density at radius 1 is 1.06 bits per heavy atom. The van der Waals surface area contributed by atoms with Gasteiger partial charge in [0.25, 0.3) is 6.02 Å². The average molecular weight is 484 g/mol. The van der Waals surface area contributed by atoms with Gasteiger partial charge >= 0.3 is 6.61 Å². The van der Waals surface area contributed by atoms with Crippen LogP contribution in [0.3, 0.4) is 0 Å². The minimum absolute atomic E-state index is 0.0414. The van der Waals surface area contributed by atoms with E-state index in [-0.39, 0.29) is 18.4 Å². The van der Waals surface area contributed by atoms with Crippen LogP contribution in [0.2, 0.25) is 0 Å². The van der Waals surface area contributed by atoms with Crippen LogP contribution in [-0.2, 0) is 10.3 Å². The second-order valence-electron chi connectivity index (χ2n) is 7.99. The van der Waals surface area contributed by atoms with Gasteiger partial charge in [0.05, 0.1) is 13.7 Å². The van der Waals surface area contributed by atoms with Crippen LogP contribution in [0.4, 0.5) is 20.2 Å². The quantitative estimate of drug-likeness (QED) is 0.428. The van der Waals surface area contributed by atoms with Gasteiger partial charge in [-0.05, 0) is 66.9 Å². The van der Waals surface area contributed by atoms with Gasteiger partial charge in [-0.25, -0.2) is 4.99 Å². The number of halogens is 2. The van der Waals surface area contributed by atoms with E-state index in [9.17, 15) is 8.78 Å². The van der Waals surface area contributed by atoms with E-state index in [0.29, 0.717) is 17.9 Å². The van der Waals surface area contributed by atoms with E-state index >= 15 is 0 Å². The lowest BCUT2D eigenvalue weighted by Gasteiger charge is -2.27. The lowest BCUT2D eigenvalue weighted by Crippen LogP contribution is -2.27. The predicted octanol–water partition coefficient (Wildman–Crippen LogP) is 5.34. The monoisotopic (exact) mass is 483 g/mol. The third kappa shape index (κ3) is 5.24. The fourth-order valence-corrected chi connectivity index (χ4v) is 4.06. The number of amidine groups is 1. The predicted molar refractivity (Wildman–Crippen MR) is 130 cm³/mol. The Kier molecular flexibility index (Phi) is 6.95. The topological polar surface area (TPSA) is 87.3 Å². The number of rotatable bonds is 9. The van der Waals surface area contributed by atoms with Crippen molar-refractivity contribution in [3.8, 4) is 17.2 Å². The number of nitrogens with one attached hydrogen (secondary N) is 1.